The van der Waals surface area contributed by atoms with Gasteiger partial charge in [0.1, 0.15) is 11.8 Å². The van der Waals surface area contributed by atoms with E-state index in [4.69, 9.17) is 10.6 Å². The van der Waals surface area contributed by atoms with Gasteiger partial charge in [0.2, 0.25) is 0 Å². The molecule has 0 aliphatic carbocycles. The van der Waals surface area contributed by atoms with Gasteiger partial charge in [-0.05, 0) is 57.0 Å². The molecule has 7 heteroatoms. The number of hydrogen-bond donors (Lipinski definition) is 2. The topological polar surface area (TPSA) is 96.3 Å². The second-order valence-electron chi connectivity index (χ2n) is 7.97. The molecule has 0 atom stereocenters. The Balaban J connectivity index is 1.99. The lowest BCUT2D eigenvalue weighted by Gasteiger charge is -2.18. The van der Waals surface area contributed by atoms with Crippen molar-refractivity contribution in [3.8, 4) is 23.1 Å². The number of hydrogen-bond acceptors (Lipinski definition) is 4. The molecule has 3 rings (SSSR count). The lowest BCUT2D eigenvalue weighted by Crippen LogP contribution is -2.41. The maximum Gasteiger partial charge on any atom is 0.335 e. The molecule has 32 heavy (non-hydrogen) atoms. The van der Waals surface area contributed by atoms with Crippen LogP contribution in [0.1, 0.15) is 52.1 Å². The number of urea groups is 1. The third kappa shape index (κ3) is 4.71. The second-order valence-corrected chi connectivity index (χ2v) is 7.97. The van der Waals surface area contributed by atoms with E-state index >= 15 is 0 Å². The molecule has 0 fully saturated rings. The highest BCUT2D eigenvalue weighted by Crippen LogP contribution is 2.37. The first-order valence-corrected chi connectivity index (χ1v) is 11.1. The van der Waals surface area contributed by atoms with Crippen LogP contribution in [0.3, 0.4) is 0 Å². The van der Waals surface area contributed by atoms with Crippen molar-refractivity contribution in [1.82, 2.24) is 9.58 Å². The van der Waals surface area contributed by atoms with Crippen molar-refractivity contribution in [2.75, 3.05) is 18.5 Å². The Morgan fingerprint density at radius 1 is 1.22 bits per heavy atom. The summed E-state index contributed by atoms with van der Waals surface area (Å²) in [6.07, 6.45) is 1.82. The Kier molecular flexibility index (Phi) is 7.39. The SMILES string of the molecule is CCCCN(N)C(=O)Nc1ccc(-c2c(C#N)c3ccc(OCC)cc3n2C(C)C)cc1. The van der Waals surface area contributed by atoms with Crippen LogP contribution in [0, 0.1) is 11.3 Å². The summed E-state index contributed by atoms with van der Waals surface area (Å²) >= 11 is 0. The van der Waals surface area contributed by atoms with E-state index in [0.29, 0.717) is 24.4 Å². The number of nitrogens with two attached hydrogens (primary N) is 1. The molecule has 0 bridgehead atoms. The number of hydrazine groups is 1. The van der Waals surface area contributed by atoms with E-state index in [2.05, 4.69) is 29.8 Å². The summed E-state index contributed by atoms with van der Waals surface area (Å²) in [6, 6.07) is 15.5. The molecule has 1 aromatic heterocycles. The van der Waals surface area contributed by atoms with Crippen molar-refractivity contribution in [3.05, 3.63) is 48.0 Å². The summed E-state index contributed by atoms with van der Waals surface area (Å²) in [5.74, 6) is 6.59. The van der Waals surface area contributed by atoms with Crippen LogP contribution in [0.2, 0.25) is 0 Å². The molecular formula is C25H31N5O2. The average Bonchev–Trinajstić information content (AvgIpc) is 3.11. The third-order valence-corrected chi connectivity index (χ3v) is 5.34. The van der Waals surface area contributed by atoms with Crippen molar-refractivity contribution in [2.24, 2.45) is 5.84 Å². The van der Waals surface area contributed by atoms with Gasteiger partial charge in [-0.3, -0.25) is 5.01 Å². The van der Waals surface area contributed by atoms with E-state index in [1.54, 1.807) is 0 Å². The van der Waals surface area contributed by atoms with Gasteiger partial charge in [-0.25, -0.2) is 10.6 Å². The molecule has 3 N–H and O–H groups in total. The van der Waals surface area contributed by atoms with Crippen molar-refractivity contribution >= 4 is 22.6 Å². The van der Waals surface area contributed by atoms with Gasteiger partial charge in [-0.2, -0.15) is 5.26 Å². The first-order valence-electron chi connectivity index (χ1n) is 11.1. The number of anilines is 1. The van der Waals surface area contributed by atoms with Crippen LogP contribution < -0.4 is 15.9 Å². The molecule has 0 aliphatic rings. The van der Waals surface area contributed by atoms with Crippen molar-refractivity contribution in [1.29, 1.82) is 5.26 Å². The summed E-state index contributed by atoms with van der Waals surface area (Å²) < 4.78 is 7.85. The predicted molar refractivity (Wildman–Crippen MR) is 128 cm³/mol. The molecule has 168 valence electrons. The minimum atomic E-state index is -0.344. The molecular weight excluding hydrogens is 402 g/mol. The van der Waals surface area contributed by atoms with Gasteiger partial charge in [0, 0.05) is 29.7 Å². The Morgan fingerprint density at radius 2 is 1.94 bits per heavy atom. The number of benzene rings is 2. The molecule has 3 aromatic rings. The number of unbranched alkanes of at least 4 members (excludes halogenated alkanes) is 1. The monoisotopic (exact) mass is 433 g/mol. The van der Waals surface area contributed by atoms with Crippen molar-refractivity contribution < 1.29 is 9.53 Å². The highest BCUT2D eigenvalue weighted by Gasteiger charge is 2.21. The van der Waals surface area contributed by atoms with E-state index in [1.165, 1.54) is 5.01 Å². The zero-order chi connectivity index (χ0) is 23.3. The molecule has 0 saturated heterocycles. The number of carbonyl (C=O) groups excluding carboxylic acids is 1. The van der Waals surface area contributed by atoms with Gasteiger partial charge in [0.25, 0.3) is 0 Å². The van der Waals surface area contributed by atoms with Crippen LogP contribution in [0.25, 0.3) is 22.2 Å². The van der Waals surface area contributed by atoms with E-state index < -0.39 is 0 Å². The number of aromatic nitrogens is 1. The molecule has 0 unspecified atom stereocenters. The highest BCUT2D eigenvalue weighted by molar-refractivity contribution is 5.96. The number of rotatable bonds is 8. The first kappa shape index (κ1) is 23.2. The smallest absolute Gasteiger partial charge is 0.335 e. The summed E-state index contributed by atoms with van der Waals surface area (Å²) in [4.78, 5) is 12.3. The summed E-state index contributed by atoms with van der Waals surface area (Å²) in [5, 5.41) is 14.9. The molecule has 0 aliphatic heterocycles. The number of nitrogens with one attached hydrogen (secondary N) is 1. The van der Waals surface area contributed by atoms with Crippen LogP contribution in [0.15, 0.2) is 42.5 Å². The molecule has 2 aromatic carbocycles. The van der Waals surface area contributed by atoms with E-state index in [-0.39, 0.29) is 12.1 Å². The van der Waals surface area contributed by atoms with Gasteiger partial charge < -0.3 is 14.6 Å². The maximum absolute atomic E-state index is 12.3. The van der Waals surface area contributed by atoms with Gasteiger partial charge in [0.15, 0.2) is 0 Å². The molecule has 0 spiro atoms. The molecule has 2 amide bonds. The van der Waals surface area contributed by atoms with E-state index in [9.17, 15) is 10.1 Å². The first-order chi connectivity index (χ1) is 15.4. The van der Waals surface area contributed by atoms with Crippen LogP contribution in [0.4, 0.5) is 10.5 Å². The number of amides is 2. The van der Waals surface area contributed by atoms with Crippen LogP contribution in [0.5, 0.6) is 5.75 Å². The fourth-order valence-corrected chi connectivity index (χ4v) is 3.82. The minimum Gasteiger partial charge on any atom is -0.494 e. The second kappa shape index (κ2) is 10.2. The summed E-state index contributed by atoms with van der Waals surface area (Å²) in [7, 11) is 0. The van der Waals surface area contributed by atoms with Crippen molar-refractivity contribution in [3.63, 3.8) is 0 Å². The van der Waals surface area contributed by atoms with Crippen LogP contribution >= 0.6 is 0 Å². The lowest BCUT2D eigenvalue weighted by molar-refractivity contribution is 0.212. The minimum absolute atomic E-state index is 0.134. The van der Waals surface area contributed by atoms with Gasteiger partial charge in [0.05, 0.1) is 23.4 Å². The zero-order valence-electron chi connectivity index (χ0n) is 19.2. The fourth-order valence-electron chi connectivity index (χ4n) is 3.82. The highest BCUT2D eigenvalue weighted by atomic mass is 16.5. The summed E-state index contributed by atoms with van der Waals surface area (Å²) in [6.45, 7) is 9.28. The third-order valence-electron chi connectivity index (χ3n) is 5.34. The van der Waals surface area contributed by atoms with Gasteiger partial charge >= 0.3 is 6.03 Å². The number of fused-ring (bicyclic) bond motifs is 1. The van der Waals surface area contributed by atoms with E-state index in [1.807, 2.05) is 56.3 Å². The quantitative estimate of drug-likeness (QED) is 0.272. The largest absolute Gasteiger partial charge is 0.494 e. The number of ether oxygens (including phenoxy) is 1. The number of nitrogens with zero attached hydrogens (tertiary/aromatic N) is 3. The van der Waals surface area contributed by atoms with Crippen molar-refractivity contribution in [2.45, 2.75) is 46.6 Å². The van der Waals surface area contributed by atoms with Gasteiger partial charge in [-0.1, -0.05) is 25.5 Å². The molecule has 0 saturated carbocycles. The summed E-state index contributed by atoms with van der Waals surface area (Å²) in [5.41, 5.74) is 3.99. The average molecular weight is 434 g/mol. The van der Waals surface area contributed by atoms with Gasteiger partial charge in [-0.15, -0.1) is 0 Å². The number of carbonyl (C=O) groups is 1. The molecule has 0 radical (unpaired) electrons. The van der Waals surface area contributed by atoms with E-state index in [0.717, 1.165) is 40.8 Å². The lowest BCUT2D eigenvalue weighted by atomic mass is 10.1. The predicted octanol–water partition coefficient (Wildman–Crippen LogP) is 5.67. The van der Waals surface area contributed by atoms with Crippen LogP contribution in [-0.4, -0.2) is 28.8 Å². The number of nitriles is 1. The maximum atomic E-state index is 12.3. The Bertz CT molecular complexity index is 1130. The van der Waals surface area contributed by atoms with Crippen LogP contribution in [-0.2, 0) is 0 Å². The Hall–Kier alpha value is -3.50. The zero-order valence-corrected chi connectivity index (χ0v) is 19.2. The fraction of sp³-hybridized carbons (Fsp3) is 0.360. The normalized spacial score (nSPS) is 10.9. The standard InChI is InChI=1S/C25H31N5O2/c1-5-7-14-29(27)25(31)28-19-10-8-18(9-11-19)24-22(16-26)21-13-12-20(32-6-2)15-23(21)30(24)17(3)4/h8-13,15,17H,5-7,14,27H2,1-4H3,(H,28,31). The Labute approximate surface area is 189 Å². The molecule has 1 heterocycles. The molecule has 7 nitrogen and oxygen atoms in total. The Morgan fingerprint density at radius 3 is 2.53 bits per heavy atom.